The molecule has 0 unspecified atom stereocenters. The summed E-state index contributed by atoms with van der Waals surface area (Å²) in [6.45, 7) is 6.39. The number of ether oxygens (including phenoxy) is 2. The highest BCUT2D eigenvalue weighted by atomic mass is 16.5. The van der Waals surface area contributed by atoms with Crippen LogP contribution in [0.25, 0.3) is 0 Å². The number of nitrogens with one attached hydrogen (secondary N) is 1. The summed E-state index contributed by atoms with van der Waals surface area (Å²) in [6, 6.07) is 5.76. The number of rotatable bonds is 4. The second-order valence-corrected chi connectivity index (χ2v) is 5.71. The van der Waals surface area contributed by atoms with Gasteiger partial charge in [-0.3, -0.25) is 4.98 Å². The van der Waals surface area contributed by atoms with Crippen LogP contribution in [0, 0.1) is 0 Å². The van der Waals surface area contributed by atoms with E-state index in [2.05, 4.69) is 36.1 Å². The highest BCUT2D eigenvalue weighted by Gasteiger charge is 2.20. The van der Waals surface area contributed by atoms with Gasteiger partial charge in [0, 0.05) is 12.6 Å². The highest BCUT2D eigenvalue weighted by Crippen LogP contribution is 2.36. The molecule has 0 radical (unpaired) electrons. The topological polar surface area (TPSA) is 56.3 Å². The molecule has 0 saturated heterocycles. The van der Waals surface area contributed by atoms with Crippen LogP contribution >= 0.6 is 0 Å². The Labute approximate surface area is 125 Å². The maximum Gasteiger partial charge on any atom is 0.239 e. The molecule has 1 aromatic carbocycles. The van der Waals surface area contributed by atoms with E-state index in [0.29, 0.717) is 11.7 Å². The Morgan fingerprint density at radius 2 is 1.90 bits per heavy atom. The predicted molar refractivity (Wildman–Crippen MR) is 83.3 cm³/mol. The maximum atomic E-state index is 5.91. The third kappa shape index (κ3) is 3.62. The summed E-state index contributed by atoms with van der Waals surface area (Å²) in [5.41, 5.74) is 0.983. The van der Waals surface area contributed by atoms with Gasteiger partial charge in [-0.1, -0.05) is 20.8 Å². The number of hydrogen-bond acceptors (Lipinski definition) is 5. The lowest BCUT2D eigenvalue weighted by Crippen LogP contribution is -2.13. The van der Waals surface area contributed by atoms with E-state index in [1.807, 2.05) is 18.2 Å². The van der Waals surface area contributed by atoms with Crippen molar-refractivity contribution in [3.05, 3.63) is 36.2 Å². The smallest absolute Gasteiger partial charge is 0.239 e. The predicted octanol–water partition coefficient (Wildman–Crippen LogP) is 3.62. The number of benzene rings is 1. The van der Waals surface area contributed by atoms with Crippen molar-refractivity contribution in [2.24, 2.45) is 0 Å². The number of aromatic nitrogens is 2. The van der Waals surface area contributed by atoms with Crippen molar-refractivity contribution < 1.29 is 9.47 Å². The molecule has 21 heavy (non-hydrogen) atoms. The molecule has 0 fully saturated rings. The molecule has 2 rings (SSSR count). The van der Waals surface area contributed by atoms with Crippen molar-refractivity contribution in [3.8, 4) is 17.4 Å². The lowest BCUT2D eigenvalue weighted by atomic mass is 9.86. The Bertz CT molecular complexity index is 621. The Kier molecular flexibility index (Phi) is 4.31. The van der Waals surface area contributed by atoms with Gasteiger partial charge in [-0.15, -0.1) is 0 Å². The highest BCUT2D eigenvalue weighted by molar-refractivity contribution is 5.45. The van der Waals surface area contributed by atoms with Gasteiger partial charge >= 0.3 is 0 Å². The number of methoxy groups -OCH3 is 1. The van der Waals surface area contributed by atoms with Gasteiger partial charge in [0.2, 0.25) is 5.88 Å². The lowest BCUT2D eigenvalue weighted by Gasteiger charge is -2.23. The summed E-state index contributed by atoms with van der Waals surface area (Å²) in [5, 5.41) is 2.94. The van der Waals surface area contributed by atoms with E-state index < -0.39 is 0 Å². The Morgan fingerprint density at radius 1 is 1.14 bits per heavy atom. The molecule has 0 spiro atoms. The molecule has 0 atom stereocenters. The van der Waals surface area contributed by atoms with Crippen molar-refractivity contribution in [3.63, 3.8) is 0 Å². The first-order valence-electron chi connectivity index (χ1n) is 6.80. The minimum Gasteiger partial charge on any atom is -0.497 e. The monoisotopic (exact) mass is 287 g/mol. The van der Waals surface area contributed by atoms with Gasteiger partial charge in [0.1, 0.15) is 17.3 Å². The summed E-state index contributed by atoms with van der Waals surface area (Å²) in [5.74, 6) is 2.68. The third-order valence-electron chi connectivity index (χ3n) is 3.08. The van der Waals surface area contributed by atoms with E-state index >= 15 is 0 Å². The van der Waals surface area contributed by atoms with Gasteiger partial charge in [-0.05, 0) is 23.6 Å². The SMILES string of the molecule is CNc1cncc(Oc2ccc(OC)cc2C(C)(C)C)n1. The minimum atomic E-state index is -0.0715. The van der Waals surface area contributed by atoms with Crippen LogP contribution < -0.4 is 14.8 Å². The van der Waals surface area contributed by atoms with Crippen molar-refractivity contribution in [1.29, 1.82) is 0 Å². The molecule has 1 heterocycles. The first kappa shape index (κ1) is 15.1. The zero-order chi connectivity index (χ0) is 15.5. The normalized spacial score (nSPS) is 11.1. The second-order valence-electron chi connectivity index (χ2n) is 5.71. The fraction of sp³-hybridized carbons (Fsp3) is 0.375. The van der Waals surface area contributed by atoms with Crippen molar-refractivity contribution in [2.75, 3.05) is 19.5 Å². The number of nitrogens with zero attached hydrogens (tertiary/aromatic N) is 2. The zero-order valence-electron chi connectivity index (χ0n) is 13.1. The minimum absolute atomic E-state index is 0.0715. The maximum absolute atomic E-state index is 5.91. The van der Waals surface area contributed by atoms with E-state index in [0.717, 1.165) is 17.1 Å². The van der Waals surface area contributed by atoms with Crippen LogP contribution in [0.15, 0.2) is 30.6 Å². The first-order chi connectivity index (χ1) is 9.94. The lowest BCUT2D eigenvalue weighted by molar-refractivity contribution is 0.405. The van der Waals surface area contributed by atoms with Crippen LogP contribution in [0.1, 0.15) is 26.3 Å². The average molecular weight is 287 g/mol. The van der Waals surface area contributed by atoms with Crippen LogP contribution in [0.3, 0.4) is 0 Å². The van der Waals surface area contributed by atoms with Crippen LogP contribution in [0.4, 0.5) is 5.82 Å². The molecule has 0 amide bonds. The summed E-state index contributed by atoms with van der Waals surface area (Å²) < 4.78 is 11.2. The summed E-state index contributed by atoms with van der Waals surface area (Å²) >= 11 is 0. The fourth-order valence-corrected chi connectivity index (χ4v) is 1.94. The second kappa shape index (κ2) is 5.99. The molecule has 2 aromatic rings. The average Bonchev–Trinajstić information content (AvgIpc) is 2.46. The van der Waals surface area contributed by atoms with Gasteiger partial charge in [-0.25, -0.2) is 0 Å². The Balaban J connectivity index is 2.39. The Hall–Kier alpha value is -2.30. The molecule has 0 aliphatic heterocycles. The standard InChI is InChI=1S/C16H21N3O2/c1-16(2,3)12-8-11(20-5)6-7-13(12)21-15-10-18-9-14(17-4)19-15/h6-10H,1-5H3,(H,17,19). The molecule has 0 bridgehead atoms. The first-order valence-corrected chi connectivity index (χ1v) is 6.80. The summed E-state index contributed by atoms with van der Waals surface area (Å²) in [4.78, 5) is 8.43. The molecule has 0 saturated carbocycles. The van der Waals surface area contributed by atoms with E-state index in [4.69, 9.17) is 9.47 Å². The molecule has 5 nitrogen and oxygen atoms in total. The van der Waals surface area contributed by atoms with Gasteiger partial charge in [0.15, 0.2) is 0 Å². The van der Waals surface area contributed by atoms with Gasteiger partial charge < -0.3 is 14.8 Å². The number of anilines is 1. The fourth-order valence-electron chi connectivity index (χ4n) is 1.94. The van der Waals surface area contributed by atoms with Crippen LogP contribution in [-0.2, 0) is 5.41 Å². The molecular formula is C16H21N3O2. The molecular weight excluding hydrogens is 266 g/mol. The van der Waals surface area contributed by atoms with E-state index in [-0.39, 0.29) is 5.41 Å². The quantitative estimate of drug-likeness (QED) is 0.930. The van der Waals surface area contributed by atoms with E-state index in [9.17, 15) is 0 Å². The van der Waals surface area contributed by atoms with Gasteiger partial charge in [-0.2, -0.15) is 4.98 Å². The molecule has 112 valence electrons. The van der Waals surface area contributed by atoms with E-state index in [1.54, 1.807) is 26.6 Å². The molecule has 1 N–H and O–H groups in total. The van der Waals surface area contributed by atoms with Crippen LogP contribution in [0.2, 0.25) is 0 Å². The van der Waals surface area contributed by atoms with E-state index in [1.165, 1.54) is 0 Å². The molecule has 1 aromatic heterocycles. The number of hydrogen-bond donors (Lipinski definition) is 1. The zero-order valence-corrected chi connectivity index (χ0v) is 13.1. The molecule has 5 heteroatoms. The van der Waals surface area contributed by atoms with Crippen molar-refractivity contribution >= 4 is 5.82 Å². The van der Waals surface area contributed by atoms with Gasteiger partial charge in [0.05, 0.1) is 19.5 Å². The van der Waals surface area contributed by atoms with Crippen LogP contribution in [-0.4, -0.2) is 24.1 Å². The summed E-state index contributed by atoms with van der Waals surface area (Å²) in [7, 11) is 3.45. The molecule has 0 aliphatic carbocycles. The third-order valence-corrected chi connectivity index (χ3v) is 3.08. The molecule has 0 aliphatic rings. The Morgan fingerprint density at radius 3 is 2.52 bits per heavy atom. The van der Waals surface area contributed by atoms with Crippen molar-refractivity contribution in [2.45, 2.75) is 26.2 Å². The van der Waals surface area contributed by atoms with Gasteiger partial charge in [0.25, 0.3) is 0 Å². The van der Waals surface area contributed by atoms with Crippen molar-refractivity contribution in [1.82, 2.24) is 9.97 Å². The summed E-state index contributed by atoms with van der Waals surface area (Å²) in [6.07, 6.45) is 3.24. The largest absolute Gasteiger partial charge is 0.497 e. The van der Waals surface area contributed by atoms with Crippen LogP contribution in [0.5, 0.6) is 17.4 Å².